The molecule has 1 aromatic rings. The van der Waals surface area contributed by atoms with Gasteiger partial charge in [-0.2, -0.15) is 0 Å². The number of esters is 3. The monoisotopic (exact) mass is 414 g/mol. The van der Waals surface area contributed by atoms with Crippen LogP contribution in [0.15, 0.2) is 18.3 Å². The van der Waals surface area contributed by atoms with E-state index in [0.717, 1.165) is 25.6 Å². The number of ether oxygens (including phenoxy) is 4. The van der Waals surface area contributed by atoms with Crippen LogP contribution in [-0.4, -0.2) is 57.3 Å². The zero-order valence-corrected chi connectivity index (χ0v) is 16.0. The van der Waals surface area contributed by atoms with Gasteiger partial charge in [0.25, 0.3) is 0 Å². The average Bonchev–Trinajstić information content (AvgIpc) is 2.59. The second-order valence-electron chi connectivity index (χ2n) is 5.70. The number of aromatic nitrogens is 1. The quantitative estimate of drug-likeness (QED) is 0.287. The predicted molar refractivity (Wildman–Crippen MR) is 94.4 cm³/mol. The van der Waals surface area contributed by atoms with Gasteiger partial charge in [-0.25, -0.2) is 0 Å². The Morgan fingerprint density at radius 2 is 1.71 bits per heavy atom. The topological polar surface area (TPSA) is 144 Å². The number of thioether (sulfide) groups is 1. The highest BCUT2D eigenvalue weighted by Crippen LogP contribution is 2.36. The van der Waals surface area contributed by atoms with Crippen LogP contribution in [0.1, 0.15) is 20.8 Å². The van der Waals surface area contributed by atoms with Crippen molar-refractivity contribution in [1.82, 2.24) is 4.98 Å². The highest BCUT2D eigenvalue weighted by atomic mass is 32.2. The van der Waals surface area contributed by atoms with Gasteiger partial charge in [0, 0.05) is 26.5 Å². The molecule has 0 aliphatic carbocycles. The predicted octanol–water partition coefficient (Wildman–Crippen LogP) is 1.24. The molecule has 0 aromatic carbocycles. The molecule has 0 bridgehead atoms. The molecule has 4 atom stereocenters. The smallest absolute Gasteiger partial charge is 0.406 e. The Balaban J connectivity index is 2.34. The first-order valence-corrected chi connectivity index (χ1v) is 9.13. The third kappa shape index (κ3) is 5.55. The van der Waals surface area contributed by atoms with Gasteiger partial charge < -0.3 is 29.1 Å². The first kappa shape index (κ1) is 21.4. The van der Waals surface area contributed by atoms with Gasteiger partial charge in [-0.15, -0.1) is 11.8 Å². The van der Waals surface area contributed by atoms with Crippen LogP contribution in [-0.2, 0) is 28.6 Å². The summed E-state index contributed by atoms with van der Waals surface area (Å²) in [6.07, 6.45) is -1.97. The van der Waals surface area contributed by atoms with Crippen LogP contribution < -0.4 is 4.74 Å². The Hall–Kier alpha value is -2.89. The zero-order chi connectivity index (χ0) is 20.8. The van der Waals surface area contributed by atoms with Crippen molar-refractivity contribution < 1.29 is 38.3 Å². The molecule has 0 unspecified atom stereocenters. The van der Waals surface area contributed by atoms with Crippen LogP contribution in [0.2, 0.25) is 0 Å². The van der Waals surface area contributed by atoms with E-state index in [-0.39, 0.29) is 11.5 Å². The Kier molecular flexibility index (Phi) is 7.15. The number of pyridine rings is 1. The van der Waals surface area contributed by atoms with Gasteiger partial charge in [0.05, 0.1) is 0 Å². The molecule has 2 rings (SSSR count). The lowest BCUT2D eigenvalue weighted by Gasteiger charge is -2.39. The van der Waals surface area contributed by atoms with E-state index in [0.29, 0.717) is 0 Å². The van der Waals surface area contributed by atoms with Gasteiger partial charge >= 0.3 is 23.7 Å². The minimum atomic E-state index is -1.18. The highest BCUT2D eigenvalue weighted by molar-refractivity contribution is 7.99. The third-order valence-electron chi connectivity index (χ3n) is 3.47. The number of nitrogens with zero attached hydrogens (tertiary/aromatic N) is 2. The lowest BCUT2D eigenvalue weighted by atomic mass is 10.1. The molecule has 12 heteroatoms. The lowest BCUT2D eigenvalue weighted by Crippen LogP contribution is -2.55. The SMILES string of the molecule is CC(=O)O[C@@H]1[C@@H](OC(C)=O)[C@H](OC(C)=O)CS[C@H]1Oc1cccnc1[N+](=O)[O-]. The molecule has 28 heavy (non-hydrogen) atoms. The number of hydrogen-bond acceptors (Lipinski definition) is 11. The van der Waals surface area contributed by atoms with Gasteiger partial charge in [0.1, 0.15) is 6.20 Å². The molecule has 1 aliphatic rings. The van der Waals surface area contributed by atoms with Crippen molar-refractivity contribution in [3.63, 3.8) is 0 Å². The minimum Gasteiger partial charge on any atom is -0.467 e. The van der Waals surface area contributed by atoms with E-state index in [1.165, 1.54) is 25.3 Å². The van der Waals surface area contributed by atoms with Crippen molar-refractivity contribution in [2.45, 2.75) is 44.5 Å². The van der Waals surface area contributed by atoms with Crippen LogP contribution in [0.4, 0.5) is 5.82 Å². The van der Waals surface area contributed by atoms with E-state index < -0.39 is 52.4 Å². The van der Waals surface area contributed by atoms with Crippen molar-refractivity contribution >= 4 is 35.5 Å². The molecule has 152 valence electrons. The van der Waals surface area contributed by atoms with Crippen LogP contribution in [0.3, 0.4) is 0 Å². The first-order valence-electron chi connectivity index (χ1n) is 8.08. The fraction of sp³-hybridized carbons (Fsp3) is 0.500. The Morgan fingerprint density at radius 1 is 1.11 bits per heavy atom. The molecule has 0 saturated carbocycles. The summed E-state index contributed by atoms with van der Waals surface area (Å²) < 4.78 is 21.3. The number of carbonyl (C=O) groups excluding carboxylic acids is 3. The molecule has 1 aliphatic heterocycles. The van der Waals surface area contributed by atoms with Gasteiger partial charge in [0.15, 0.2) is 23.7 Å². The van der Waals surface area contributed by atoms with Crippen molar-refractivity contribution in [1.29, 1.82) is 0 Å². The van der Waals surface area contributed by atoms with Gasteiger partial charge in [-0.3, -0.25) is 14.4 Å². The number of hydrogen-bond donors (Lipinski definition) is 0. The summed E-state index contributed by atoms with van der Waals surface area (Å²) in [5.74, 6) is -2.50. The maximum Gasteiger partial charge on any atom is 0.406 e. The molecule has 11 nitrogen and oxygen atoms in total. The van der Waals surface area contributed by atoms with E-state index in [1.54, 1.807) is 0 Å². The summed E-state index contributed by atoms with van der Waals surface area (Å²) in [5, 5.41) is 11.1. The molecule has 0 spiro atoms. The molecule has 0 radical (unpaired) electrons. The second-order valence-corrected chi connectivity index (χ2v) is 6.83. The molecule has 0 N–H and O–H groups in total. The normalized spacial score (nSPS) is 24.0. The maximum atomic E-state index is 11.6. The molecule has 2 heterocycles. The molecular formula is C16H18N2O9S. The van der Waals surface area contributed by atoms with Crippen LogP contribution in [0.5, 0.6) is 5.75 Å². The summed E-state index contributed by atoms with van der Waals surface area (Å²) in [7, 11) is 0. The van der Waals surface area contributed by atoms with E-state index in [2.05, 4.69) is 4.98 Å². The molecular weight excluding hydrogens is 396 g/mol. The van der Waals surface area contributed by atoms with Gasteiger partial charge in [-0.1, -0.05) is 0 Å². The number of nitro groups is 1. The Bertz CT molecular complexity index is 772. The zero-order valence-electron chi connectivity index (χ0n) is 15.2. The summed E-state index contributed by atoms with van der Waals surface area (Å²) in [5.41, 5.74) is -0.969. The van der Waals surface area contributed by atoms with E-state index >= 15 is 0 Å². The van der Waals surface area contributed by atoms with E-state index in [1.807, 2.05) is 0 Å². The fourth-order valence-electron chi connectivity index (χ4n) is 2.55. The van der Waals surface area contributed by atoms with Crippen molar-refractivity contribution in [2.24, 2.45) is 0 Å². The summed E-state index contributed by atoms with van der Waals surface area (Å²) in [6, 6.07) is 2.79. The molecule has 1 saturated heterocycles. The van der Waals surface area contributed by atoms with E-state index in [4.69, 9.17) is 18.9 Å². The Morgan fingerprint density at radius 3 is 2.29 bits per heavy atom. The average molecular weight is 414 g/mol. The van der Waals surface area contributed by atoms with Gasteiger partial charge in [0.2, 0.25) is 5.75 Å². The minimum absolute atomic E-state index is 0.144. The van der Waals surface area contributed by atoms with Crippen LogP contribution in [0, 0.1) is 10.1 Å². The number of carbonyl (C=O) groups is 3. The summed E-state index contributed by atoms with van der Waals surface area (Å²) >= 11 is 1.09. The van der Waals surface area contributed by atoms with Crippen LogP contribution >= 0.6 is 11.8 Å². The van der Waals surface area contributed by atoms with Crippen molar-refractivity contribution in [3.8, 4) is 5.75 Å². The fourth-order valence-corrected chi connectivity index (χ4v) is 3.76. The maximum absolute atomic E-state index is 11.6. The van der Waals surface area contributed by atoms with Crippen molar-refractivity contribution in [2.75, 3.05) is 5.75 Å². The molecule has 1 aromatic heterocycles. The largest absolute Gasteiger partial charge is 0.467 e. The highest BCUT2D eigenvalue weighted by Gasteiger charge is 2.48. The summed E-state index contributed by atoms with van der Waals surface area (Å²) in [6.45, 7) is 3.49. The molecule has 1 fully saturated rings. The Labute approximate surface area is 163 Å². The lowest BCUT2D eigenvalue weighted by molar-refractivity contribution is -0.390. The standard InChI is InChI=1S/C16H18N2O9S/c1-8(19)24-12-7-28-16(14(26-10(3)21)13(12)25-9(2)20)27-11-5-4-6-17-15(11)18(22)23/h4-6,12-14,16H,7H2,1-3H3/t12-,13+,14-,16-/m1/s1. The molecule has 0 amide bonds. The summed E-state index contributed by atoms with van der Waals surface area (Å²) in [4.78, 5) is 48.6. The van der Waals surface area contributed by atoms with Crippen LogP contribution in [0.25, 0.3) is 0 Å². The van der Waals surface area contributed by atoms with Crippen molar-refractivity contribution in [3.05, 3.63) is 28.4 Å². The number of rotatable bonds is 6. The van der Waals surface area contributed by atoms with Gasteiger partial charge in [-0.05, 0) is 22.0 Å². The first-order chi connectivity index (χ1) is 13.2. The second kappa shape index (κ2) is 9.35. The third-order valence-corrected chi connectivity index (χ3v) is 4.69. The van der Waals surface area contributed by atoms with E-state index in [9.17, 15) is 24.5 Å².